The molecule has 0 aromatic heterocycles. The molecule has 2 heteroatoms. The van der Waals surface area contributed by atoms with Crippen molar-refractivity contribution in [3.8, 4) is 0 Å². The Morgan fingerprint density at radius 3 is 2.58 bits per heavy atom. The average Bonchev–Trinajstić information content (AvgIpc) is 3.13. The first-order valence-corrected chi connectivity index (χ1v) is 7.10. The fourth-order valence-corrected chi connectivity index (χ4v) is 2.56. The molecule has 19 heavy (non-hydrogen) atoms. The van der Waals surface area contributed by atoms with E-state index in [1.807, 2.05) is 18.2 Å². The van der Waals surface area contributed by atoms with Crippen molar-refractivity contribution >= 4 is 5.97 Å². The highest BCUT2D eigenvalue weighted by Gasteiger charge is 2.45. The highest BCUT2D eigenvalue weighted by molar-refractivity contribution is 5.67. The Balaban J connectivity index is 2.03. The maximum absolute atomic E-state index is 11.1. The van der Waals surface area contributed by atoms with Gasteiger partial charge in [0.25, 0.3) is 0 Å². The SMILES string of the molecule is CCCCCC1=CC1(COC(C)=O)c1ccccc1. The van der Waals surface area contributed by atoms with Crippen molar-refractivity contribution in [2.45, 2.75) is 44.9 Å². The van der Waals surface area contributed by atoms with Gasteiger partial charge in [0.15, 0.2) is 0 Å². The minimum Gasteiger partial charge on any atom is -0.464 e. The third-order valence-corrected chi connectivity index (χ3v) is 3.75. The summed E-state index contributed by atoms with van der Waals surface area (Å²) in [6.07, 6.45) is 7.09. The summed E-state index contributed by atoms with van der Waals surface area (Å²) >= 11 is 0. The number of hydrogen-bond donors (Lipinski definition) is 0. The third-order valence-electron chi connectivity index (χ3n) is 3.75. The van der Waals surface area contributed by atoms with E-state index in [4.69, 9.17) is 4.74 Å². The summed E-state index contributed by atoms with van der Waals surface area (Å²) in [5.41, 5.74) is 2.55. The normalized spacial score (nSPS) is 20.8. The molecule has 1 aliphatic carbocycles. The lowest BCUT2D eigenvalue weighted by atomic mass is 9.89. The molecule has 1 aromatic rings. The lowest BCUT2D eigenvalue weighted by molar-refractivity contribution is -0.141. The van der Waals surface area contributed by atoms with E-state index in [-0.39, 0.29) is 11.4 Å². The van der Waals surface area contributed by atoms with Crippen LogP contribution in [0.1, 0.15) is 45.1 Å². The Morgan fingerprint density at radius 1 is 1.21 bits per heavy atom. The smallest absolute Gasteiger partial charge is 0.302 e. The van der Waals surface area contributed by atoms with Crippen LogP contribution in [-0.4, -0.2) is 12.6 Å². The molecule has 0 heterocycles. The first-order valence-electron chi connectivity index (χ1n) is 7.10. The van der Waals surface area contributed by atoms with E-state index in [1.54, 1.807) is 0 Å². The molecule has 0 radical (unpaired) electrons. The van der Waals surface area contributed by atoms with E-state index in [0.29, 0.717) is 6.61 Å². The number of hydrogen-bond acceptors (Lipinski definition) is 2. The van der Waals surface area contributed by atoms with E-state index in [2.05, 4.69) is 25.1 Å². The van der Waals surface area contributed by atoms with Gasteiger partial charge < -0.3 is 4.74 Å². The fraction of sp³-hybridized carbons (Fsp3) is 0.471. The molecular formula is C17H22O2. The van der Waals surface area contributed by atoms with Crippen LogP contribution in [0.5, 0.6) is 0 Å². The third kappa shape index (κ3) is 3.25. The molecule has 1 unspecified atom stereocenters. The molecule has 1 atom stereocenters. The van der Waals surface area contributed by atoms with Gasteiger partial charge in [-0.3, -0.25) is 4.79 Å². The van der Waals surface area contributed by atoms with Crippen molar-refractivity contribution < 1.29 is 9.53 Å². The van der Waals surface area contributed by atoms with E-state index in [0.717, 1.165) is 6.42 Å². The number of unbranched alkanes of at least 4 members (excludes halogenated alkanes) is 2. The Labute approximate surface area is 115 Å². The first-order chi connectivity index (χ1) is 9.19. The largest absolute Gasteiger partial charge is 0.464 e. The van der Waals surface area contributed by atoms with E-state index >= 15 is 0 Å². The Hall–Kier alpha value is -1.57. The van der Waals surface area contributed by atoms with Crippen molar-refractivity contribution in [3.05, 3.63) is 47.5 Å². The van der Waals surface area contributed by atoms with Gasteiger partial charge >= 0.3 is 5.97 Å². The van der Waals surface area contributed by atoms with Crippen molar-refractivity contribution in [2.24, 2.45) is 0 Å². The molecule has 1 aliphatic rings. The maximum atomic E-state index is 11.1. The van der Waals surface area contributed by atoms with Gasteiger partial charge in [-0.05, 0) is 18.4 Å². The van der Waals surface area contributed by atoms with Gasteiger partial charge in [0.2, 0.25) is 0 Å². The zero-order valence-corrected chi connectivity index (χ0v) is 11.8. The summed E-state index contributed by atoms with van der Waals surface area (Å²) < 4.78 is 5.27. The second-order valence-corrected chi connectivity index (χ2v) is 5.24. The molecular weight excluding hydrogens is 236 g/mol. The van der Waals surface area contributed by atoms with Crippen LogP contribution in [0.3, 0.4) is 0 Å². The van der Waals surface area contributed by atoms with Crippen LogP contribution < -0.4 is 0 Å². The Kier molecular flexibility index (Phi) is 4.41. The van der Waals surface area contributed by atoms with Gasteiger partial charge in [0.05, 0.1) is 5.41 Å². The van der Waals surface area contributed by atoms with Crippen LogP contribution in [0.25, 0.3) is 0 Å². The second-order valence-electron chi connectivity index (χ2n) is 5.24. The van der Waals surface area contributed by atoms with E-state index in [1.165, 1.54) is 37.3 Å². The van der Waals surface area contributed by atoms with E-state index in [9.17, 15) is 4.79 Å². The molecule has 0 saturated carbocycles. The number of rotatable bonds is 7. The summed E-state index contributed by atoms with van der Waals surface area (Å²) in [6.45, 7) is 4.14. The molecule has 0 aliphatic heterocycles. The molecule has 2 nitrogen and oxygen atoms in total. The minimum absolute atomic E-state index is 0.110. The standard InChI is InChI=1S/C17H22O2/c1-3-4-6-11-16-12-17(16,13-19-14(2)18)15-9-7-5-8-10-15/h5,7-10,12H,3-4,6,11,13H2,1-2H3. The monoisotopic (exact) mass is 258 g/mol. The van der Waals surface area contributed by atoms with Crippen LogP contribution in [-0.2, 0) is 14.9 Å². The van der Waals surface area contributed by atoms with Crippen LogP contribution in [0.15, 0.2) is 42.0 Å². The zero-order valence-electron chi connectivity index (χ0n) is 11.8. The van der Waals surface area contributed by atoms with Gasteiger partial charge in [0.1, 0.15) is 6.61 Å². The van der Waals surface area contributed by atoms with Crippen molar-refractivity contribution in [2.75, 3.05) is 6.61 Å². The fourth-order valence-electron chi connectivity index (χ4n) is 2.56. The van der Waals surface area contributed by atoms with Gasteiger partial charge in [0, 0.05) is 6.92 Å². The molecule has 0 spiro atoms. The molecule has 2 rings (SSSR count). The molecule has 102 valence electrons. The van der Waals surface area contributed by atoms with Gasteiger partial charge in [-0.25, -0.2) is 0 Å². The average molecular weight is 258 g/mol. The highest BCUT2D eigenvalue weighted by Crippen LogP contribution is 2.49. The lowest BCUT2D eigenvalue weighted by Crippen LogP contribution is -2.21. The van der Waals surface area contributed by atoms with E-state index < -0.39 is 0 Å². The summed E-state index contributed by atoms with van der Waals surface area (Å²) in [5, 5.41) is 0. The second kappa shape index (κ2) is 6.05. The van der Waals surface area contributed by atoms with Gasteiger partial charge in [-0.1, -0.05) is 61.7 Å². The molecule has 0 bridgehead atoms. The number of carbonyl (C=O) groups excluding carboxylic acids is 1. The number of ether oxygens (including phenoxy) is 1. The molecule has 0 amide bonds. The maximum Gasteiger partial charge on any atom is 0.302 e. The Morgan fingerprint density at radius 2 is 1.95 bits per heavy atom. The molecule has 0 saturated heterocycles. The number of benzene rings is 1. The molecule has 0 fully saturated rings. The summed E-state index contributed by atoms with van der Waals surface area (Å²) in [5.74, 6) is -0.205. The van der Waals surface area contributed by atoms with Crippen LogP contribution in [0.2, 0.25) is 0 Å². The number of carbonyl (C=O) groups is 1. The highest BCUT2D eigenvalue weighted by atomic mass is 16.5. The van der Waals surface area contributed by atoms with Crippen LogP contribution >= 0.6 is 0 Å². The van der Waals surface area contributed by atoms with Crippen molar-refractivity contribution in [1.82, 2.24) is 0 Å². The van der Waals surface area contributed by atoms with Crippen molar-refractivity contribution in [1.29, 1.82) is 0 Å². The lowest BCUT2D eigenvalue weighted by Gasteiger charge is -2.19. The quantitative estimate of drug-likeness (QED) is 0.419. The molecule has 1 aromatic carbocycles. The Bertz CT molecular complexity index is 461. The van der Waals surface area contributed by atoms with Crippen LogP contribution in [0.4, 0.5) is 0 Å². The first kappa shape index (κ1) is 13.9. The van der Waals surface area contributed by atoms with Crippen molar-refractivity contribution in [3.63, 3.8) is 0 Å². The van der Waals surface area contributed by atoms with Gasteiger partial charge in [-0.15, -0.1) is 0 Å². The predicted molar refractivity (Wildman–Crippen MR) is 77.0 cm³/mol. The van der Waals surface area contributed by atoms with Gasteiger partial charge in [-0.2, -0.15) is 0 Å². The summed E-state index contributed by atoms with van der Waals surface area (Å²) in [7, 11) is 0. The minimum atomic E-state index is -0.205. The topological polar surface area (TPSA) is 26.3 Å². The molecule has 0 N–H and O–H groups in total. The summed E-state index contributed by atoms with van der Waals surface area (Å²) in [4.78, 5) is 11.1. The zero-order chi connectivity index (χ0) is 13.7. The number of esters is 1. The predicted octanol–water partition coefficient (Wildman–Crippen LogP) is 4.01. The summed E-state index contributed by atoms with van der Waals surface area (Å²) in [6, 6.07) is 10.3. The van der Waals surface area contributed by atoms with Crippen LogP contribution in [0, 0.1) is 0 Å².